The fraction of sp³-hybridized carbons (Fsp3) is 0.462. The van der Waals surface area contributed by atoms with Gasteiger partial charge in [-0.1, -0.05) is 0 Å². The van der Waals surface area contributed by atoms with Gasteiger partial charge in [0, 0.05) is 0 Å². The molecule has 7 heteroatoms. The summed E-state index contributed by atoms with van der Waals surface area (Å²) in [4.78, 5) is 35.4. The Labute approximate surface area is 116 Å². The maximum Gasteiger partial charge on any atom is 0.320 e. The van der Waals surface area contributed by atoms with Gasteiger partial charge in [0.15, 0.2) is 11.5 Å². The van der Waals surface area contributed by atoms with E-state index in [4.69, 9.17) is 14.2 Å². The number of carbonyl (C=O) groups is 3. The SMILES string of the molecule is COC(=O)CC1(C(=O)OC)C=C(OC)C(=O)C(OC)=C1. The second-order valence-corrected chi connectivity index (χ2v) is 4.04. The first-order valence-electron chi connectivity index (χ1n) is 5.67. The van der Waals surface area contributed by atoms with E-state index in [0.29, 0.717) is 0 Å². The Balaban J connectivity index is 3.37. The summed E-state index contributed by atoms with van der Waals surface area (Å²) < 4.78 is 19.1. The molecule has 0 radical (unpaired) electrons. The van der Waals surface area contributed by atoms with Crippen LogP contribution in [0.3, 0.4) is 0 Å². The molecular weight excluding hydrogens is 268 g/mol. The summed E-state index contributed by atoms with van der Waals surface area (Å²) in [7, 11) is 4.94. The third kappa shape index (κ3) is 2.81. The van der Waals surface area contributed by atoms with Crippen LogP contribution in [0.4, 0.5) is 0 Å². The highest BCUT2D eigenvalue weighted by molar-refractivity contribution is 6.08. The zero-order chi connectivity index (χ0) is 15.3. The molecule has 0 heterocycles. The number of esters is 2. The smallest absolute Gasteiger partial charge is 0.320 e. The van der Waals surface area contributed by atoms with Crippen LogP contribution in [0.15, 0.2) is 23.7 Å². The number of ketones is 1. The van der Waals surface area contributed by atoms with Gasteiger partial charge in [0.05, 0.1) is 34.9 Å². The molecule has 1 aliphatic rings. The third-order valence-electron chi connectivity index (χ3n) is 2.89. The highest BCUT2D eigenvalue weighted by Gasteiger charge is 2.44. The quantitative estimate of drug-likeness (QED) is 0.673. The van der Waals surface area contributed by atoms with Crippen LogP contribution in [-0.4, -0.2) is 46.2 Å². The summed E-state index contributed by atoms with van der Waals surface area (Å²) >= 11 is 0. The molecule has 0 amide bonds. The lowest BCUT2D eigenvalue weighted by molar-refractivity contribution is -0.154. The van der Waals surface area contributed by atoms with Gasteiger partial charge in [-0.3, -0.25) is 14.4 Å². The van der Waals surface area contributed by atoms with E-state index in [-0.39, 0.29) is 17.9 Å². The van der Waals surface area contributed by atoms with Crippen LogP contribution in [0.5, 0.6) is 0 Å². The van der Waals surface area contributed by atoms with Crippen molar-refractivity contribution in [3.8, 4) is 0 Å². The van der Waals surface area contributed by atoms with E-state index >= 15 is 0 Å². The van der Waals surface area contributed by atoms with E-state index in [1.165, 1.54) is 40.6 Å². The highest BCUT2D eigenvalue weighted by atomic mass is 16.5. The fourth-order valence-corrected chi connectivity index (χ4v) is 1.86. The molecule has 1 aliphatic carbocycles. The van der Waals surface area contributed by atoms with E-state index in [9.17, 15) is 14.4 Å². The van der Waals surface area contributed by atoms with Crippen LogP contribution in [-0.2, 0) is 33.3 Å². The maximum absolute atomic E-state index is 12.0. The molecule has 0 aliphatic heterocycles. The zero-order valence-electron chi connectivity index (χ0n) is 11.7. The molecule has 0 saturated heterocycles. The van der Waals surface area contributed by atoms with E-state index in [1.54, 1.807) is 0 Å². The molecule has 0 saturated carbocycles. The summed E-state index contributed by atoms with van der Waals surface area (Å²) in [6.07, 6.45) is 2.14. The van der Waals surface area contributed by atoms with Gasteiger partial charge < -0.3 is 18.9 Å². The monoisotopic (exact) mass is 284 g/mol. The lowest BCUT2D eigenvalue weighted by Gasteiger charge is -2.27. The number of ether oxygens (including phenoxy) is 4. The highest BCUT2D eigenvalue weighted by Crippen LogP contribution is 2.36. The van der Waals surface area contributed by atoms with Crippen molar-refractivity contribution in [3.63, 3.8) is 0 Å². The van der Waals surface area contributed by atoms with Crippen molar-refractivity contribution in [2.45, 2.75) is 6.42 Å². The standard InChI is InChI=1S/C13H16O7/c1-17-8-5-13(12(16)20-4,7-10(14)19-3)6-9(18-2)11(8)15/h5-6H,7H2,1-4H3. The van der Waals surface area contributed by atoms with Crippen LogP contribution in [0, 0.1) is 5.41 Å². The number of hydrogen-bond acceptors (Lipinski definition) is 7. The summed E-state index contributed by atoms with van der Waals surface area (Å²) in [5.41, 5.74) is -1.49. The minimum absolute atomic E-state index is 0.0985. The predicted molar refractivity (Wildman–Crippen MR) is 66.3 cm³/mol. The molecule has 0 spiro atoms. The molecule has 0 bridgehead atoms. The van der Waals surface area contributed by atoms with Gasteiger partial charge in [0.25, 0.3) is 5.78 Å². The van der Waals surface area contributed by atoms with Crippen molar-refractivity contribution in [1.29, 1.82) is 0 Å². The van der Waals surface area contributed by atoms with E-state index in [2.05, 4.69) is 4.74 Å². The number of carbonyl (C=O) groups excluding carboxylic acids is 3. The van der Waals surface area contributed by atoms with Gasteiger partial charge in [-0.25, -0.2) is 0 Å². The molecule has 0 aromatic heterocycles. The first-order valence-corrected chi connectivity index (χ1v) is 5.67. The largest absolute Gasteiger partial charge is 0.493 e. The maximum atomic E-state index is 12.0. The number of Topliss-reactive ketones (excluding diaryl/α,β-unsaturated/α-hetero) is 1. The van der Waals surface area contributed by atoms with Crippen LogP contribution < -0.4 is 0 Å². The Hall–Kier alpha value is -2.31. The lowest BCUT2D eigenvalue weighted by Crippen LogP contribution is -2.36. The Morgan fingerprint density at radius 2 is 1.50 bits per heavy atom. The average molecular weight is 284 g/mol. The molecule has 0 aromatic carbocycles. The lowest BCUT2D eigenvalue weighted by atomic mass is 9.79. The summed E-state index contributed by atoms with van der Waals surface area (Å²) in [5, 5.41) is 0. The molecule has 1 rings (SSSR count). The molecular formula is C13H16O7. The Morgan fingerprint density at radius 1 is 1.00 bits per heavy atom. The summed E-state index contributed by atoms with van der Waals surface area (Å²) in [6.45, 7) is 0. The second kappa shape index (κ2) is 6.23. The normalized spacial score (nSPS) is 16.7. The van der Waals surface area contributed by atoms with Crippen molar-refractivity contribution in [1.82, 2.24) is 0 Å². The topological polar surface area (TPSA) is 88.1 Å². The predicted octanol–water partition coefficient (Wildman–Crippen LogP) is 0.352. The van der Waals surface area contributed by atoms with Crippen molar-refractivity contribution >= 4 is 17.7 Å². The molecule has 7 nitrogen and oxygen atoms in total. The van der Waals surface area contributed by atoms with Crippen molar-refractivity contribution in [3.05, 3.63) is 23.7 Å². The first-order chi connectivity index (χ1) is 9.43. The van der Waals surface area contributed by atoms with Crippen LogP contribution in [0.25, 0.3) is 0 Å². The van der Waals surface area contributed by atoms with Crippen molar-refractivity contribution in [2.24, 2.45) is 5.41 Å². The van der Waals surface area contributed by atoms with E-state index in [0.717, 1.165) is 0 Å². The number of methoxy groups -OCH3 is 4. The molecule has 0 atom stereocenters. The van der Waals surface area contributed by atoms with Crippen molar-refractivity contribution < 1.29 is 33.3 Å². The first kappa shape index (κ1) is 15.7. The van der Waals surface area contributed by atoms with Crippen LogP contribution in [0.1, 0.15) is 6.42 Å². The van der Waals surface area contributed by atoms with Gasteiger partial charge in [-0.2, -0.15) is 0 Å². The van der Waals surface area contributed by atoms with E-state index in [1.807, 2.05) is 0 Å². The van der Waals surface area contributed by atoms with Gasteiger partial charge in [0.1, 0.15) is 5.41 Å². The number of rotatable bonds is 5. The second-order valence-electron chi connectivity index (χ2n) is 4.04. The van der Waals surface area contributed by atoms with Gasteiger partial charge in [-0.15, -0.1) is 0 Å². The van der Waals surface area contributed by atoms with Crippen LogP contribution in [0.2, 0.25) is 0 Å². The van der Waals surface area contributed by atoms with Crippen LogP contribution >= 0.6 is 0 Å². The Bertz CT molecular complexity index is 463. The molecule has 0 unspecified atom stereocenters. The van der Waals surface area contributed by atoms with Crippen molar-refractivity contribution in [2.75, 3.05) is 28.4 Å². The van der Waals surface area contributed by atoms with E-state index < -0.39 is 23.1 Å². The molecule has 0 N–H and O–H groups in total. The molecule has 20 heavy (non-hydrogen) atoms. The minimum Gasteiger partial charge on any atom is -0.493 e. The Kier molecular flexibility index (Phi) is 4.90. The van der Waals surface area contributed by atoms with Gasteiger partial charge in [-0.05, 0) is 12.2 Å². The Morgan fingerprint density at radius 3 is 1.85 bits per heavy atom. The molecule has 0 aromatic rings. The fourth-order valence-electron chi connectivity index (χ4n) is 1.86. The van der Waals surface area contributed by atoms with Gasteiger partial charge >= 0.3 is 11.9 Å². The minimum atomic E-state index is -1.49. The third-order valence-corrected chi connectivity index (χ3v) is 2.89. The summed E-state index contributed by atoms with van der Waals surface area (Å²) in [5.74, 6) is -2.07. The summed E-state index contributed by atoms with van der Waals surface area (Å²) in [6, 6.07) is 0. The molecule has 110 valence electrons. The average Bonchev–Trinajstić information content (AvgIpc) is 2.47. The molecule has 0 fully saturated rings. The van der Waals surface area contributed by atoms with Gasteiger partial charge in [0.2, 0.25) is 0 Å². The zero-order valence-corrected chi connectivity index (χ0v) is 11.7. The number of hydrogen-bond donors (Lipinski definition) is 0.